The Morgan fingerprint density at radius 2 is 1.82 bits per heavy atom. The Morgan fingerprint density at radius 1 is 1.06 bits per heavy atom. The van der Waals surface area contributed by atoms with Gasteiger partial charge in [0, 0.05) is 60.3 Å². The predicted octanol–water partition coefficient (Wildman–Crippen LogP) is 8.03. The molecule has 0 radical (unpaired) electrons. The highest BCUT2D eigenvalue weighted by atomic mass is 35.5. The first-order valence-electron chi connectivity index (χ1n) is 17.5. The Kier molecular flexibility index (Phi) is 10.9. The second kappa shape index (κ2) is 15.3. The summed E-state index contributed by atoms with van der Waals surface area (Å²) in [5.74, 6) is -0.0560. The molecule has 6 rings (SSSR count). The molecule has 1 fully saturated rings. The molecule has 9 nitrogen and oxygen atoms in total. The molecule has 1 N–H and O–H groups in total. The molecule has 3 heterocycles. The zero-order chi connectivity index (χ0) is 35.4. The zero-order valence-corrected chi connectivity index (χ0v) is 29.9. The van der Waals surface area contributed by atoms with Gasteiger partial charge in [0.2, 0.25) is 5.91 Å². The van der Waals surface area contributed by atoms with Crippen molar-refractivity contribution in [2.45, 2.75) is 65.0 Å². The summed E-state index contributed by atoms with van der Waals surface area (Å²) in [5.41, 5.74) is 4.24. The lowest BCUT2D eigenvalue weighted by Gasteiger charge is -2.37. The summed E-state index contributed by atoms with van der Waals surface area (Å²) in [6, 6.07) is 14.3. The largest absolute Gasteiger partial charge is 0.461 e. The molecule has 11 heteroatoms. The topological polar surface area (TPSA) is 102 Å². The molecule has 2 aromatic heterocycles. The molecular weight excluding hydrogens is 657 g/mol. The van der Waals surface area contributed by atoms with Crippen molar-refractivity contribution in [1.82, 2.24) is 24.9 Å². The number of hydrogen-bond acceptors (Lipinski definition) is 6. The van der Waals surface area contributed by atoms with E-state index in [1.807, 2.05) is 61.2 Å². The molecule has 1 saturated heterocycles. The van der Waals surface area contributed by atoms with Gasteiger partial charge in [-0.15, -0.1) is 5.10 Å². The fraction of sp³-hybridized carbons (Fsp3) is 0.436. The Morgan fingerprint density at radius 3 is 2.54 bits per heavy atom. The molecule has 0 saturated carbocycles. The first-order chi connectivity index (χ1) is 24.0. The number of allylic oxidation sites excluding steroid dienone is 2. The molecule has 2 aromatic carbocycles. The minimum absolute atomic E-state index is 0.0178. The van der Waals surface area contributed by atoms with Crippen LogP contribution in [-0.2, 0) is 20.8 Å². The van der Waals surface area contributed by atoms with Crippen LogP contribution in [0.5, 0.6) is 0 Å². The van der Waals surface area contributed by atoms with Crippen molar-refractivity contribution < 1.29 is 23.5 Å². The second-order valence-electron chi connectivity index (χ2n) is 14.2. The minimum Gasteiger partial charge on any atom is -0.461 e. The number of amides is 1. The highest BCUT2D eigenvalue weighted by Gasteiger charge is 2.39. The standard InChI is InChI=1S/C39H45ClFN5O4/c1-25(2)16-19-50-39(40)21-29(10-12-32(39)28-8-6-5-7-9-28)37(47)45-17-14-27(15-18-45)22-46-23-34(43-44-46)35-31-20-30(41)11-13-33(31)42-36(35)38(48)49-24-26(3)4/h5-13,20,23,25-27,42H,14-19,21-22,24H2,1-4H3. The summed E-state index contributed by atoms with van der Waals surface area (Å²) < 4.78 is 27.9. The highest BCUT2D eigenvalue weighted by Crippen LogP contribution is 2.43. The first kappa shape index (κ1) is 35.5. The van der Waals surface area contributed by atoms with Crippen LogP contribution in [0.15, 0.2) is 72.5 Å². The van der Waals surface area contributed by atoms with Gasteiger partial charge in [-0.25, -0.2) is 9.18 Å². The normalized spacial score (nSPS) is 18.5. The van der Waals surface area contributed by atoms with Gasteiger partial charge in [0.25, 0.3) is 0 Å². The number of esters is 1. The molecule has 1 atom stereocenters. The van der Waals surface area contributed by atoms with Crippen molar-refractivity contribution in [3.05, 3.63) is 89.5 Å². The van der Waals surface area contributed by atoms with Crippen LogP contribution in [0.25, 0.3) is 27.7 Å². The van der Waals surface area contributed by atoms with E-state index in [0.717, 1.165) is 30.4 Å². The van der Waals surface area contributed by atoms with Crippen molar-refractivity contribution in [3.63, 3.8) is 0 Å². The number of aromatic nitrogens is 4. The number of benzene rings is 2. The smallest absolute Gasteiger partial charge is 0.355 e. The van der Waals surface area contributed by atoms with Crippen LogP contribution < -0.4 is 0 Å². The number of nitrogens with one attached hydrogen (secondary N) is 1. The number of ether oxygens (including phenoxy) is 2. The summed E-state index contributed by atoms with van der Waals surface area (Å²) in [4.78, 5) is 31.8. The van der Waals surface area contributed by atoms with Crippen LogP contribution in [0.1, 0.15) is 69.4 Å². The zero-order valence-electron chi connectivity index (χ0n) is 29.1. The number of halogens is 2. The van der Waals surface area contributed by atoms with E-state index in [2.05, 4.69) is 29.1 Å². The number of H-pyrrole nitrogens is 1. The lowest BCUT2D eigenvalue weighted by atomic mass is 9.88. The number of carbonyl (C=O) groups excluding carboxylic acids is 2. The van der Waals surface area contributed by atoms with Gasteiger partial charge in [0.15, 0.2) is 5.06 Å². The van der Waals surface area contributed by atoms with E-state index in [1.165, 1.54) is 12.1 Å². The van der Waals surface area contributed by atoms with E-state index in [0.29, 0.717) is 66.3 Å². The minimum atomic E-state index is -1.12. The number of alkyl halides is 1. The Hall–Kier alpha value is -4.28. The van der Waals surface area contributed by atoms with Gasteiger partial charge in [0.1, 0.15) is 17.2 Å². The Bertz CT molecular complexity index is 1890. The molecule has 1 aliphatic carbocycles. The maximum Gasteiger partial charge on any atom is 0.355 e. The average Bonchev–Trinajstić information content (AvgIpc) is 3.71. The number of piperidine rings is 1. The summed E-state index contributed by atoms with van der Waals surface area (Å²) in [5, 5.41) is 8.16. The van der Waals surface area contributed by atoms with Crippen LogP contribution in [0.2, 0.25) is 0 Å². The number of rotatable bonds is 12. The molecular formula is C39H45ClFN5O4. The van der Waals surface area contributed by atoms with E-state index in [9.17, 15) is 14.0 Å². The van der Waals surface area contributed by atoms with Gasteiger partial charge < -0.3 is 19.4 Å². The third kappa shape index (κ3) is 8.02. The van der Waals surface area contributed by atoms with Gasteiger partial charge in [-0.1, -0.05) is 87.0 Å². The van der Waals surface area contributed by atoms with Crippen molar-refractivity contribution in [3.8, 4) is 11.3 Å². The Labute approximate surface area is 297 Å². The number of carbonyl (C=O) groups is 2. The van der Waals surface area contributed by atoms with Crippen LogP contribution in [0.4, 0.5) is 4.39 Å². The maximum atomic E-state index is 14.3. The van der Waals surface area contributed by atoms with Gasteiger partial charge in [-0.2, -0.15) is 0 Å². The average molecular weight is 702 g/mol. The van der Waals surface area contributed by atoms with Crippen molar-refractivity contribution in [1.29, 1.82) is 0 Å². The lowest BCUT2D eigenvalue weighted by Crippen LogP contribution is -2.42. The number of hydrogen-bond donors (Lipinski definition) is 1. The molecule has 2 aliphatic rings. The first-order valence-corrected chi connectivity index (χ1v) is 17.9. The van der Waals surface area contributed by atoms with E-state index >= 15 is 0 Å². The summed E-state index contributed by atoms with van der Waals surface area (Å²) in [6.07, 6.45) is 8.36. The third-order valence-corrected chi connectivity index (χ3v) is 9.76. The lowest BCUT2D eigenvalue weighted by molar-refractivity contribution is -0.129. The molecule has 1 unspecified atom stereocenters. The van der Waals surface area contributed by atoms with Crippen LogP contribution in [-0.4, -0.2) is 68.1 Å². The Balaban J connectivity index is 1.12. The summed E-state index contributed by atoms with van der Waals surface area (Å²) >= 11 is 7.22. The molecule has 0 spiro atoms. The molecule has 50 heavy (non-hydrogen) atoms. The summed E-state index contributed by atoms with van der Waals surface area (Å²) in [7, 11) is 0. The highest BCUT2D eigenvalue weighted by molar-refractivity contribution is 6.30. The third-order valence-electron chi connectivity index (χ3n) is 9.31. The molecule has 1 aliphatic heterocycles. The summed E-state index contributed by atoms with van der Waals surface area (Å²) in [6.45, 7) is 10.8. The van der Waals surface area contributed by atoms with E-state index in [1.54, 1.807) is 16.9 Å². The van der Waals surface area contributed by atoms with Crippen LogP contribution in [0, 0.1) is 23.6 Å². The van der Waals surface area contributed by atoms with Gasteiger partial charge in [-0.3, -0.25) is 9.48 Å². The number of aromatic amines is 1. The van der Waals surface area contributed by atoms with Crippen LogP contribution >= 0.6 is 11.6 Å². The van der Waals surface area contributed by atoms with E-state index in [-0.39, 0.29) is 30.0 Å². The maximum absolute atomic E-state index is 14.3. The van der Waals surface area contributed by atoms with E-state index in [4.69, 9.17) is 21.1 Å². The SMILES string of the molecule is CC(C)CCOC1(Cl)CC(C(=O)N2CCC(Cn3cc(-c4c(C(=O)OCC(C)C)[nH]c5ccc(F)cc45)nn3)CC2)=CC=C1c1ccccc1. The number of nitrogens with zero attached hydrogens (tertiary/aromatic N) is 4. The van der Waals surface area contributed by atoms with Gasteiger partial charge in [-0.05, 0) is 60.8 Å². The van der Waals surface area contributed by atoms with Crippen LogP contribution in [0.3, 0.4) is 0 Å². The fourth-order valence-electron chi connectivity index (χ4n) is 6.56. The molecule has 4 aromatic rings. The van der Waals surface area contributed by atoms with Crippen molar-refractivity contribution in [2.75, 3.05) is 26.3 Å². The van der Waals surface area contributed by atoms with E-state index < -0.39 is 16.8 Å². The van der Waals surface area contributed by atoms with Crippen molar-refractivity contribution in [2.24, 2.45) is 17.8 Å². The molecule has 0 bridgehead atoms. The van der Waals surface area contributed by atoms with Gasteiger partial charge >= 0.3 is 5.97 Å². The second-order valence-corrected chi connectivity index (χ2v) is 14.8. The monoisotopic (exact) mass is 701 g/mol. The predicted molar refractivity (Wildman–Crippen MR) is 193 cm³/mol. The molecule has 264 valence electrons. The number of fused-ring (bicyclic) bond motifs is 1. The number of likely N-dealkylation sites (tertiary alicyclic amines) is 1. The fourth-order valence-corrected chi connectivity index (χ4v) is 6.95. The van der Waals surface area contributed by atoms with Gasteiger partial charge in [0.05, 0.1) is 12.8 Å². The van der Waals surface area contributed by atoms with Crippen molar-refractivity contribution >= 4 is 40.0 Å². The molecule has 1 amide bonds. The quantitative estimate of drug-likeness (QED) is 0.119.